The molecule has 132 valence electrons. The third kappa shape index (κ3) is 14.5. The van der Waals surface area contributed by atoms with Crippen molar-refractivity contribution in [2.75, 3.05) is 0 Å². The van der Waals surface area contributed by atoms with E-state index in [0.29, 0.717) is 16.7 Å². The molecule has 0 fully saturated rings. The van der Waals surface area contributed by atoms with Gasteiger partial charge in [0.1, 0.15) is 0 Å². The molecule has 3 rings (SSSR count). The number of halogens is 2. The maximum Gasteiger partial charge on any atom is 0.0954 e. The average Bonchev–Trinajstić information content (AvgIpc) is 2.71. The molecule has 6 radical (unpaired) electrons. The van der Waals surface area contributed by atoms with Crippen molar-refractivity contribution in [3.63, 3.8) is 0 Å². The molecule has 3 aliphatic rings. The summed E-state index contributed by atoms with van der Waals surface area (Å²) < 4.78 is 0. The third-order valence-electron chi connectivity index (χ3n) is 2.54. The zero-order valence-corrected chi connectivity index (χ0v) is 18.0. The minimum Gasteiger partial charge on any atom is -1.00 e. The molecule has 0 bridgehead atoms. The van der Waals surface area contributed by atoms with E-state index in [0.717, 1.165) is 0 Å². The van der Waals surface area contributed by atoms with Crippen LogP contribution < -0.4 is 24.8 Å². The van der Waals surface area contributed by atoms with Crippen LogP contribution in [0.3, 0.4) is 0 Å². The Kier molecular flexibility index (Phi) is 21.8. The molecular formula is C21H12Cl2N3Sb-2. The van der Waals surface area contributed by atoms with Gasteiger partial charge >= 0.3 is 0 Å². The second-order valence-corrected chi connectivity index (χ2v) is 4.20. The van der Waals surface area contributed by atoms with E-state index in [-0.39, 0.29) is 49.2 Å². The number of nitrogens with zero attached hydrogens (tertiary/aromatic N) is 3. The van der Waals surface area contributed by atoms with E-state index < -0.39 is 0 Å². The smallest absolute Gasteiger partial charge is 0.0954 e. The molecule has 0 spiro atoms. The summed E-state index contributed by atoms with van der Waals surface area (Å²) in [6.07, 6.45) is 20.7. The third-order valence-corrected chi connectivity index (χ3v) is 2.54. The molecule has 0 aliphatic heterocycles. The first-order valence-electron chi connectivity index (χ1n) is 6.88. The summed E-state index contributed by atoms with van der Waals surface area (Å²) in [5.74, 6) is 0. The SMILES string of the molecule is N#CC1=CC=C=C[CH]1.N#CC1=CC=C=C[CH]1.N#CC1=CC=C=C[CH]1.[Cl-].[Cl-].[Sb]. The minimum absolute atomic E-state index is 0. The van der Waals surface area contributed by atoms with Crippen LogP contribution in [0.1, 0.15) is 0 Å². The monoisotopic (exact) mass is 497 g/mol. The minimum atomic E-state index is 0. The summed E-state index contributed by atoms with van der Waals surface area (Å²) in [5.41, 5.74) is 10.5. The Morgan fingerprint density at radius 2 is 0.778 bits per heavy atom. The molecule has 0 saturated heterocycles. The van der Waals surface area contributed by atoms with Gasteiger partial charge < -0.3 is 24.8 Å². The fourth-order valence-corrected chi connectivity index (χ4v) is 1.38. The van der Waals surface area contributed by atoms with Gasteiger partial charge in [-0.3, -0.25) is 0 Å². The quantitative estimate of drug-likeness (QED) is 0.279. The summed E-state index contributed by atoms with van der Waals surface area (Å²) in [6, 6.07) is 6.02. The van der Waals surface area contributed by atoms with Crippen molar-refractivity contribution in [2.45, 2.75) is 0 Å². The van der Waals surface area contributed by atoms with Crippen LogP contribution in [0.2, 0.25) is 0 Å². The van der Waals surface area contributed by atoms with Crippen molar-refractivity contribution < 1.29 is 24.8 Å². The van der Waals surface area contributed by atoms with E-state index in [1.807, 2.05) is 18.2 Å². The van der Waals surface area contributed by atoms with Gasteiger partial charge in [-0.2, -0.15) is 15.8 Å². The fourth-order valence-electron chi connectivity index (χ4n) is 1.38. The maximum absolute atomic E-state index is 8.27. The standard InChI is InChI=1S/3C7H4N.2ClH.Sb/c3*8-6-7-4-2-1-3-5-7;;;/h3*2-5H;2*1H;/p-2. The first-order valence-corrected chi connectivity index (χ1v) is 6.88. The molecule has 0 heterocycles. The Morgan fingerprint density at radius 1 is 0.519 bits per heavy atom. The van der Waals surface area contributed by atoms with Crippen LogP contribution in [0.25, 0.3) is 0 Å². The van der Waals surface area contributed by atoms with Gasteiger partial charge in [-0.25, -0.2) is 0 Å². The van der Waals surface area contributed by atoms with Gasteiger partial charge in [0.05, 0.1) is 18.2 Å². The van der Waals surface area contributed by atoms with Gasteiger partial charge in [0, 0.05) is 60.4 Å². The predicted octanol–water partition coefficient (Wildman–Crippen LogP) is -2.28. The number of hydrogen-bond donors (Lipinski definition) is 0. The Morgan fingerprint density at radius 3 is 0.889 bits per heavy atom. The first kappa shape index (κ1) is 29.4. The van der Waals surface area contributed by atoms with Gasteiger partial charge in [0.15, 0.2) is 0 Å². The number of hydrogen-bond acceptors (Lipinski definition) is 3. The number of rotatable bonds is 0. The van der Waals surface area contributed by atoms with Crippen LogP contribution in [-0.2, 0) is 0 Å². The molecule has 0 unspecified atom stereocenters. The Labute approximate surface area is 190 Å². The van der Waals surface area contributed by atoms with Crippen molar-refractivity contribution in [1.29, 1.82) is 15.8 Å². The fraction of sp³-hybridized carbons (Fsp3) is 0. The first-order chi connectivity index (χ1) is 11.8. The summed E-state index contributed by atoms with van der Waals surface area (Å²) in [7, 11) is 0. The topological polar surface area (TPSA) is 71.4 Å². The van der Waals surface area contributed by atoms with Crippen LogP contribution in [0.5, 0.6) is 0 Å². The van der Waals surface area contributed by atoms with Crippen molar-refractivity contribution in [3.8, 4) is 18.2 Å². The van der Waals surface area contributed by atoms with E-state index in [4.69, 9.17) is 15.8 Å². The predicted molar refractivity (Wildman–Crippen MR) is 97.7 cm³/mol. The molecule has 0 N–H and O–H groups in total. The summed E-state index contributed by atoms with van der Waals surface area (Å²) in [5, 5.41) is 24.8. The largest absolute Gasteiger partial charge is 1.00 e. The zero-order valence-electron chi connectivity index (χ0n) is 14.0. The van der Waals surface area contributed by atoms with E-state index in [1.165, 1.54) is 0 Å². The number of nitriles is 3. The van der Waals surface area contributed by atoms with Crippen LogP contribution >= 0.6 is 0 Å². The summed E-state index contributed by atoms with van der Waals surface area (Å²) >= 11 is 0. The molecule has 6 heteroatoms. The molecule has 0 amide bonds. The van der Waals surface area contributed by atoms with Crippen molar-refractivity contribution in [3.05, 3.63) is 108 Å². The zero-order chi connectivity index (χ0) is 17.5. The maximum atomic E-state index is 8.27. The molecule has 3 aliphatic carbocycles. The Balaban J connectivity index is -0.000000303. The molecule has 3 nitrogen and oxygen atoms in total. The molecular weight excluding hydrogens is 487 g/mol. The molecule has 0 aromatic heterocycles. The van der Waals surface area contributed by atoms with E-state index in [1.54, 1.807) is 73.9 Å². The number of allylic oxidation sites excluding steroid dienone is 9. The average molecular weight is 499 g/mol. The van der Waals surface area contributed by atoms with Gasteiger partial charge in [-0.1, -0.05) is 0 Å². The van der Waals surface area contributed by atoms with Crippen LogP contribution in [0.15, 0.2) is 88.6 Å². The van der Waals surface area contributed by atoms with Crippen LogP contribution in [0.4, 0.5) is 0 Å². The van der Waals surface area contributed by atoms with Crippen LogP contribution in [0, 0.1) is 53.3 Å². The summed E-state index contributed by atoms with van der Waals surface area (Å²) in [6.45, 7) is 0. The Hall–Kier alpha value is -2.35. The molecule has 0 saturated carbocycles. The van der Waals surface area contributed by atoms with Crippen molar-refractivity contribution in [2.24, 2.45) is 0 Å². The van der Waals surface area contributed by atoms with Crippen molar-refractivity contribution in [1.82, 2.24) is 0 Å². The van der Waals surface area contributed by atoms with E-state index >= 15 is 0 Å². The van der Waals surface area contributed by atoms with E-state index in [2.05, 4.69) is 17.2 Å². The van der Waals surface area contributed by atoms with Crippen molar-refractivity contribution >= 4 is 24.4 Å². The second-order valence-electron chi connectivity index (χ2n) is 4.20. The van der Waals surface area contributed by atoms with Crippen LogP contribution in [-0.4, -0.2) is 24.4 Å². The van der Waals surface area contributed by atoms with Gasteiger partial charge in [-0.05, 0) is 54.7 Å². The van der Waals surface area contributed by atoms with E-state index in [9.17, 15) is 0 Å². The molecule has 0 aromatic carbocycles. The normalized spacial score (nSPS) is 13.4. The molecule has 27 heavy (non-hydrogen) atoms. The second kappa shape index (κ2) is 20.0. The Bertz CT molecular complexity index is 762. The molecule has 0 atom stereocenters. The summed E-state index contributed by atoms with van der Waals surface area (Å²) in [4.78, 5) is 0. The van der Waals surface area contributed by atoms with Gasteiger partial charge in [-0.15, -0.1) is 17.2 Å². The van der Waals surface area contributed by atoms with Gasteiger partial charge in [0.25, 0.3) is 0 Å². The van der Waals surface area contributed by atoms with Gasteiger partial charge in [0.2, 0.25) is 0 Å². The molecule has 0 aromatic rings.